The lowest BCUT2D eigenvalue weighted by atomic mass is 10.2. The number of hydrogen-bond acceptors (Lipinski definition) is 8. The Kier molecular flexibility index (Phi) is 4.12. The molecule has 1 atom stereocenters. The van der Waals surface area contributed by atoms with Crippen molar-refractivity contribution in [2.45, 2.75) is 26.4 Å². The summed E-state index contributed by atoms with van der Waals surface area (Å²) in [5, 5.41) is 5.15. The molecule has 0 saturated heterocycles. The molecule has 2 heterocycles. The Morgan fingerprint density at radius 2 is 2.42 bits per heavy atom. The number of amidine groups is 1. The van der Waals surface area contributed by atoms with Gasteiger partial charge in [-0.15, -0.1) is 11.3 Å². The summed E-state index contributed by atoms with van der Waals surface area (Å²) in [4.78, 5) is 20.8. The van der Waals surface area contributed by atoms with Gasteiger partial charge in [0.25, 0.3) is 0 Å². The largest absolute Gasteiger partial charge is 0.463 e. The smallest absolute Gasteiger partial charge is 0.350 e. The van der Waals surface area contributed by atoms with Crippen LogP contribution in [-0.2, 0) is 9.53 Å². The molecule has 1 N–H and O–H groups in total. The van der Waals surface area contributed by atoms with Crippen LogP contribution in [0.15, 0.2) is 10.4 Å². The number of thioether (sulfide) groups is 1. The van der Waals surface area contributed by atoms with Crippen LogP contribution in [0.25, 0.3) is 0 Å². The van der Waals surface area contributed by atoms with Crippen LogP contribution in [0.4, 0.5) is 5.13 Å². The van der Waals surface area contributed by atoms with Gasteiger partial charge in [-0.05, 0) is 27.0 Å². The highest BCUT2D eigenvalue weighted by atomic mass is 32.2. The van der Waals surface area contributed by atoms with Gasteiger partial charge in [-0.3, -0.25) is 0 Å². The molecule has 2 rings (SSSR count). The summed E-state index contributed by atoms with van der Waals surface area (Å²) in [6.07, 6.45) is 1.91. The maximum absolute atomic E-state index is 12.0. The summed E-state index contributed by atoms with van der Waals surface area (Å²) < 4.78 is 5.05. The van der Waals surface area contributed by atoms with E-state index in [9.17, 15) is 4.79 Å². The van der Waals surface area contributed by atoms with Crippen molar-refractivity contribution in [3.8, 4) is 0 Å². The Hall–Kier alpha value is -1.12. The minimum absolute atomic E-state index is 0.330. The lowest BCUT2D eigenvalue weighted by molar-refractivity contribution is -0.149. The Morgan fingerprint density at radius 3 is 2.95 bits per heavy atom. The maximum atomic E-state index is 12.0. The number of carbonyl (C=O) groups excluding carboxylic acids is 1. The van der Waals surface area contributed by atoms with E-state index in [2.05, 4.69) is 15.4 Å². The molecule has 0 fully saturated rings. The maximum Gasteiger partial charge on any atom is 0.350 e. The molecule has 0 saturated carbocycles. The third kappa shape index (κ3) is 2.75. The quantitative estimate of drug-likeness (QED) is 0.858. The number of ether oxygens (including phenoxy) is 1. The van der Waals surface area contributed by atoms with Gasteiger partial charge in [-0.2, -0.15) is 5.43 Å². The minimum Gasteiger partial charge on any atom is -0.463 e. The minimum atomic E-state index is -1.09. The van der Waals surface area contributed by atoms with Crippen LogP contribution >= 0.6 is 23.1 Å². The molecule has 1 aliphatic rings. The highest BCUT2D eigenvalue weighted by molar-refractivity contribution is 8.13. The molecule has 8 heteroatoms. The van der Waals surface area contributed by atoms with Gasteiger partial charge in [0.2, 0.25) is 10.8 Å². The number of carbonyl (C=O) groups is 1. The van der Waals surface area contributed by atoms with Gasteiger partial charge in [-0.25, -0.2) is 19.8 Å². The second kappa shape index (κ2) is 5.48. The fraction of sp³-hybridized carbons (Fsp3) is 0.545. The van der Waals surface area contributed by atoms with Crippen molar-refractivity contribution in [1.29, 1.82) is 0 Å². The van der Waals surface area contributed by atoms with Gasteiger partial charge in [0, 0.05) is 5.38 Å². The fourth-order valence-electron chi connectivity index (χ4n) is 1.61. The summed E-state index contributed by atoms with van der Waals surface area (Å²) in [6.45, 7) is 5.73. The number of anilines is 1. The van der Waals surface area contributed by atoms with Gasteiger partial charge >= 0.3 is 5.97 Å². The average Bonchev–Trinajstić information content (AvgIpc) is 2.94. The van der Waals surface area contributed by atoms with E-state index in [1.54, 1.807) is 18.9 Å². The Labute approximate surface area is 120 Å². The van der Waals surface area contributed by atoms with Crippen molar-refractivity contribution in [3.63, 3.8) is 0 Å². The van der Waals surface area contributed by atoms with Gasteiger partial charge in [0.05, 0.1) is 12.3 Å². The number of aliphatic imine (C=N–C) groups is 1. The second-order valence-corrected chi connectivity index (χ2v) is 5.72. The first-order chi connectivity index (χ1) is 9.00. The fourth-order valence-corrected chi connectivity index (χ4v) is 3.01. The van der Waals surface area contributed by atoms with E-state index in [4.69, 9.17) is 4.74 Å². The number of rotatable bonds is 3. The van der Waals surface area contributed by atoms with E-state index < -0.39 is 11.6 Å². The molecular weight excluding hydrogens is 284 g/mol. The Balaban J connectivity index is 2.26. The average molecular weight is 300 g/mol. The SMILES string of the molecule is CCOC(=O)C1(C)N=C(SC)N(c2nc(C)cs2)N1. The summed E-state index contributed by atoms with van der Waals surface area (Å²) in [5.41, 5.74) is 2.91. The summed E-state index contributed by atoms with van der Waals surface area (Å²) in [5.74, 6) is -0.391. The van der Waals surface area contributed by atoms with Crippen LogP contribution in [0, 0.1) is 6.92 Å². The second-order valence-electron chi connectivity index (χ2n) is 4.11. The predicted octanol–water partition coefficient (Wildman–Crippen LogP) is 1.77. The van der Waals surface area contributed by atoms with Crippen LogP contribution in [0.2, 0.25) is 0 Å². The van der Waals surface area contributed by atoms with E-state index in [1.807, 2.05) is 18.6 Å². The number of aryl methyl sites for hydroxylation is 1. The van der Waals surface area contributed by atoms with Gasteiger partial charge in [-0.1, -0.05) is 11.8 Å². The van der Waals surface area contributed by atoms with E-state index in [-0.39, 0.29) is 0 Å². The van der Waals surface area contributed by atoms with Crippen LogP contribution in [-0.4, -0.2) is 34.6 Å². The molecule has 0 amide bonds. The Bertz CT molecular complexity index is 517. The zero-order valence-corrected chi connectivity index (χ0v) is 12.9. The van der Waals surface area contributed by atoms with Crippen LogP contribution in [0.3, 0.4) is 0 Å². The summed E-state index contributed by atoms with van der Waals surface area (Å²) >= 11 is 2.95. The number of nitrogens with zero attached hydrogens (tertiary/aromatic N) is 3. The number of thiazole rings is 1. The monoisotopic (exact) mass is 300 g/mol. The van der Waals surface area contributed by atoms with E-state index in [0.717, 1.165) is 10.8 Å². The standard InChI is InChI=1S/C11H16N4O2S2/c1-5-17-8(16)11(3)13-10(18-4)15(14-11)9-12-7(2)6-19-9/h6,14H,5H2,1-4H3. The number of nitrogens with one attached hydrogen (secondary N) is 1. The topological polar surface area (TPSA) is 66.8 Å². The molecule has 0 aliphatic carbocycles. The van der Waals surface area contributed by atoms with Crippen molar-refractivity contribution >= 4 is 39.4 Å². The van der Waals surface area contributed by atoms with Gasteiger partial charge < -0.3 is 4.74 Å². The van der Waals surface area contributed by atoms with Crippen molar-refractivity contribution in [3.05, 3.63) is 11.1 Å². The summed E-state index contributed by atoms with van der Waals surface area (Å²) in [7, 11) is 0. The lowest BCUT2D eigenvalue weighted by Gasteiger charge is -2.22. The number of aromatic nitrogens is 1. The lowest BCUT2D eigenvalue weighted by Crippen LogP contribution is -2.52. The van der Waals surface area contributed by atoms with Crippen LogP contribution in [0.1, 0.15) is 19.5 Å². The first kappa shape index (κ1) is 14.3. The number of esters is 1. The van der Waals surface area contributed by atoms with Gasteiger partial charge in [0.15, 0.2) is 5.17 Å². The predicted molar refractivity (Wildman–Crippen MR) is 78.5 cm³/mol. The molecule has 19 heavy (non-hydrogen) atoms. The van der Waals surface area contributed by atoms with Gasteiger partial charge in [0.1, 0.15) is 0 Å². The number of hydrogen-bond donors (Lipinski definition) is 1. The highest BCUT2D eigenvalue weighted by Crippen LogP contribution is 2.29. The molecule has 1 aromatic heterocycles. The number of hydrazine groups is 1. The molecule has 0 radical (unpaired) electrons. The molecule has 0 spiro atoms. The molecule has 1 unspecified atom stereocenters. The van der Waals surface area contributed by atoms with Crippen LogP contribution < -0.4 is 10.4 Å². The van der Waals surface area contributed by atoms with E-state index in [1.165, 1.54) is 23.1 Å². The van der Waals surface area contributed by atoms with Crippen molar-refractivity contribution in [2.24, 2.45) is 4.99 Å². The normalized spacial score (nSPS) is 22.5. The third-order valence-electron chi connectivity index (χ3n) is 2.49. The summed E-state index contributed by atoms with van der Waals surface area (Å²) in [6, 6.07) is 0. The van der Waals surface area contributed by atoms with Crippen molar-refractivity contribution in [2.75, 3.05) is 17.9 Å². The highest BCUT2D eigenvalue weighted by Gasteiger charge is 2.43. The van der Waals surface area contributed by atoms with Crippen molar-refractivity contribution in [1.82, 2.24) is 10.4 Å². The Morgan fingerprint density at radius 1 is 1.68 bits per heavy atom. The third-order valence-corrected chi connectivity index (χ3v) is 4.08. The molecule has 0 aromatic carbocycles. The molecule has 1 aromatic rings. The molecule has 1 aliphatic heterocycles. The van der Waals surface area contributed by atoms with Crippen molar-refractivity contribution < 1.29 is 9.53 Å². The molecule has 0 bridgehead atoms. The zero-order chi connectivity index (χ0) is 14.0. The van der Waals surface area contributed by atoms with E-state index in [0.29, 0.717) is 11.8 Å². The first-order valence-corrected chi connectivity index (χ1v) is 7.91. The molecule has 104 valence electrons. The van der Waals surface area contributed by atoms with E-state index >= 15 is 0 Å². The first-order valence-electron chi connectivity index (χ1n) is 5.81. The van der Waals surface area contributed by atoms with Crippen LogP contribution in [0.5, 0.6) is 0 Å². The molecule has 6 nitrogen and oxygen atoms in total. The zero-order valence-electron chi connectivity index (χ0n) is 11.3. The molecular formula is C11H16N4O2S2.